The molecule has 2 aromatic rings. The van der Waals surface area contributed by atoms with Gasteiger partial charge in [-0.3, -0.25) is 4.98 Å². The minimum Gasteiger partial charge on any atom is -0.385 e. The summed E-state index contributed by atoms with van der Waals surface area (Å²) in [4.78, 5) is 8.38. The molecule has 4 heteroatoms. The SMILES string of the molecule is Cc1nc(CC(C)(O)c2cccnc2)cs1. The molecule has 0 saturated carbocycles. The van der Waals surface area contributed by atoms with E-state index in [2.05, 4.69) is 9.97 Å². The molecule has 0 aliphatic heterocycles. The van der Waals surface area contributed by atoms with E-state index in [4.69, 9.17) is 0 Å². The monoisotopic (exact) mass is 234 g/mol. The van der Waals surface area contributed by atoms with Crippen LogP contribution in [0.5, 0.6) is 0 Å². The number of hydrogen-bond acceptors (Lipinski definition) is 4. The topological polar surface area (TPSA) is 46.0 Å². The Morgan fingerprint density at radius 3 is 2.88 bits per heavy atom. The molecule has 2 heterocycles. The van der Waals surface area contributed by atoms with E-state index < -0.39 is 5.60 Å². The average Bonchev–Trinajstić information content (AvgIpc) is 2.64. The van der Waals surface area contributed by atoms with Crippen molar-refractivity contribution in [2.75, 3.05) is 0 Å². The summed E-state index contributed by atoms with van der Waals surface area (Å²) < 4.78 is 0. The third-order valence-electron chi connectivity index (χ3n) is 2.48. The molecule has 16 heavy (non-hydrogen) atoms. The maximum Gasteiger partial charge on any atom is 0.0938 e. The maximum atomic E-state index is 10.4. The summed E-state index contributed by atoms with van der Waals surface area (Å²) >= 11 is 1.60. The van der Waals surface area contributed by atoms with Crippen LogP contribution >= 0.6 is 11.3 Å². The van der Waals surface area contributed by atoms with E-state index in [0.29, 0.717) is 6.42 Å². The average molecular weight is 234 g/mol. The van der Waals surface area contributed by atoms with Gasteiger partial charge >= 0.3 is 0 Å². The minimum absolute atomic E-state index is 0.517. The Bertz CT molecular complexity index is 465. The van der Waals surface area contributed by atoms with Gasteiger partial charge in [0, 0.05) is 29.8 Å². The minimum atomic E-state index is -0.908. The number of aliphatic hydroxyl groups is 1. The Kier molecular flexibility index (Phi) is 3.03. The van der Waals surface area contributed by atoms with Gasteiger partial charge < -0.3 is 5.11 Å². The highest BCUT2D eigenvalue weighted by Crippen LogP contribution is 2.24. The van der Waals surface area contributed by atoms with Crippen molar-refractivity contribution < 1.29 is 5.11 Å². The zero-order valence-corrected chi connectivity index (χ0v) is 10.2. The zero-order valence-electron chi connectivity index (χ0n) is 9.34. The summed E-state index contributed by atoms with van der Waals surface area (Å²) in [5.41, 5.74) is 0.839. The largest absolute Gasteiger partial charge is 0.385 e. The lowest BCUT2D eigenvalue weighted by Crippen LogP contribution is -2.24. The van der Waals surface area contributed by atoms with E-state index >= 15 is 0 Å². The first-order valence-electron chi connectivity index (χ1n) is 5.12. The van der Waals surface area contributed by atoms with E-state index in [0.717, 1.165) is 16.3 Å². The van der Waals surface area contributed by atoms with Gasteiger partial charge in [0.15, 0.2) is 0 Å². The molecule has 0 saturated heterocycles. The molecule has 0 aromatic carbocycles. The second kappa shape index (κ2) is 4.31. The summed E-state index contributed by atoms with van der Waals surface area (Å²) in [7, 11) is 0. The molecular weight excluding hydrogens is 220 g/mol. The van der Waals surface area contributed by atoms with E-state index in [9.17, 15) is 5.11 Å². The highest BCUT2D eigenvalue weighted by atomic mass is 32.1. The third-order valence-corrected chi connectivity index (χ3v) is 3.30. The van der Waals surface area contributed by atoms with Gasteiger partial charge in [-0.25, -0.2) is 4.98 Å². The van der Waals surface area contributed by atoms with Crippen molar-refractivity contribution in [2.24, 2.45) is 0 Å². The molecule has 0 fully saturated rings. The predicted molar refractivity (Wildman–Crippen MR) is 64.4 cm³/mol. The lowest BCUT2D eigenvalue weighted by Gasteiger charge is -2.22. The van der Waals surface area contributed by atoms with Crippen LogP contribution in [0.25, 0.3) is 0 Å². The Morgan fingerprint density at radius 1 is 1.50 bits per heavy atom. The van der Waals surface area contributed by atoms with Crippen molar-refractivity contribution in [1.29, 1.82) is 0 Å². The van der Waals surface area contributed by atoms with Crippen molar-refractivity contribution in [3.63, 3.8) is 0 Å². The van der Waals surface area contributed by atoms with E-state index in [1.54, 1.807) is 30.7 Å². The van der Waals surface area contributed by atoms with Crippen LogP contribution in [0.15, 0.2) is 29.9 Å². The van der Waals surface area contributed by atoms with Crippen LogP contribution in [0, 0.1) is 6.92 Å². The fourth-order valence-electron chi connectivity index (χ4n) is 1.63. The summed E-state index contributed by atoms with van der Waals surface area (Å²) in [6.45, 7) is 3.76. The van der Waals surface area contributed by atoms with Gasteiger partial charge in [-0.15, -0.1) is 11.3 Å². The first-order chi connectivity index (χ1) is 7.58. The number of thiazole rings is 1. The van der Waals surface area contributed by atoms with Gasteiger partial charge in [0.2, 0.25) is 0 Å². The first-order valence-corrected chi connectivity index (χ1v) is 6.00. The molecule has 0 aliphatic rings. The van der Waals surface area contributed by atoms with Crippen LogP contribution in [0.3, 0.4) is 0 Å². The Labute approximate surface area is 98.8 Å². The molecular formula is C12H14N2OS. The molecule has 2 aromatic heterocycles. The number of nitrogens with zero attached hydrogens (tertiary/aromatic N) is 2. The van der Waals surface area contributed by atoms with Gasteiger partial charge in [-0.2, -0.15) is 0 Å². The van der Waals surface area contributed by atoms with Crippen LogP contribution in [0.2, 0.25) is 0 Å². The lowest BCUT2D eigenvalue weighted by molar-refractivity contribution is 0.0564. The molecule has 0 bridgehead atoms. The molecule has 0 amide bonds. The highest BCUT2D eigenvalue weighted by Gasteiger charge is 2.24. The van der Waals surface area contributed by atoms with Crippen molar-refractivity contribution in [1.82, 2.24) is 9.97 Å². The Hall–Kier alpha value is -1.26. The molecule has 84 valence electrons. The molecule has 0 aliphatic carbocycles. The van der Waals surface area contributed by atoms with Crippen LogP contribution in [0.4, 0.5) is 0 Å². The van der Waals surface area contributed by atoms with Crippen molar-refractivity contribution in [3.05, 3.63) is 46.2 Å². The number of aryl methyl sites for hydroxylation is 1. The number of pyridine rings is 1. The van der Waals surface area contributed by atoms with Gasteiger partial charge in [0.05, 0.1) is 16.3 Å². The zero-order chi connectivity index (χ0) is 11.6. The van der Waals surface area contributed by atoms with Crippen LogP contribution in [-0.2, 0) is 12.0 Å². The molecule has 2 rings (SSSR count). The lowest BCUT2D eigenvalue weighted by atomic mass is 9.93. The van der Waals surface area contributed by atoms with Crippen LogP contribution in [0.1, 0.15) is 23.2 Å². The van der Waals surface area contributed by atoms with Crippen LogP contribution in [-0.4, -0.2) is 15.1 Å². The fraction of sp³-hybridized carbons (Fsp3) is 0.333. The van der Waals surface area contributed by atoms with Gasteiger partial charge in [-0.05, 0) is 19.9 Å². The molecule has 1 N–H and O–H groups in total. The molecule has 1 atom stereocenters. The quantitative estimate of drug-likeness (QED) is 0.886. The summed E-state index contributed by atoms with van der Waals surface area (Å²) in [5.74, 6) is 0. The maximum absolute atomic E-state index is 10.4. The Balaban J connectivity index is 2.20. The normalized spacial score (nSPS) is 14.7. The van der Waals surface area contributed by atoms with Crippen LogP contribution < -0.4 is 0 Å². The van der Waals surface area contributed by atoms with E-state index in [-0.39, 0.29) is 0 Å². The van der Waals surface area contributed by atoms with Crippen molar-refractivity contribution >= 4 is 11.3 Å². The number of rotatable bonds is 3. The van der Waals surface area contributed by atoms with Gasteiger partial charge in [0.1, 0.15) is 0 Å². The second-order valence-corrected chi connectivity index (χ2v) is 5.11. The summed E-state index contributed by atoms with van der Waals surface area (Å²) in [6, 6.07) is 3.71. The number of hydrogen-bond donors (Lipinski definition) is 1. The molecule has 0 radical (unpaired) electrons. The fourth-order valence-corrected chi connectivity index (χ4v) is 2.24. The summed E-state index contributed by atoms with van der Waals surface area (Å²) in [6.07, 6.45) is 3.91. The van der Waals surface area contributed by atoms with Gasteiger partial charge in [-0.1, -0.05) is 6.07 Å². The molecule has 0 spiro atoms. The Morgan fingerprint density at radius 2 is 2.31 bits per heavy atom. The van der Waals surface area contributed by atoms with Crippen molar-refractivity contribution in [3.8, 4) is 0 Å². The third kappa shape index (κ3) is 2.46. The smallest absolute Gasteiger partial charge is 0.0938 e. The first kappa shape index (κ1) is 11.2. The highest BCUT2D eigenvalue weighted by molar-refractivity contribution is 7.09. The van der Waals surface area contributed by atoms with E-state index in [1.165, 1.54) is 0 Å². The van der Waals surface area contributed by atoms with E-state index in [1.807, 2.05) is 24.4 Å². The van der Waals surface area contributed by atoms with Gasteiger partial charge in [0.25, 0.3) is 0 Å². The second-order valence-electron chi connectivity index (χ2n) is 4.05. The number of aromatic nitrogens is 2. The standard InChI is InChI=1S/C12H14N2OS/c1-9-14-11(8-16-9)6-12(2,15)10-4-3-5-13-7-10/h3-5,7-8,15H,6H2,1-2H3. The van der Waals surface area contributed by atoms with Crippen molar-refractivity contribution in [2.45, 2.75) is 25.9 Å². The molecule has 1 unspecified atom stereocenters. The molecule has 3 nitrogen and oxygen atoms in total. The predicted octanol–water partition coefficient (Wildman–Crippen LogP) is 2.30. The summed E-state index contributed by atoms with van der Waals surface area (Å²) in [5, 5.41) is 13.4.